The summed E-state index contributed by atoms with van der Waals surface area (Å²) in [6.07, 6.45) is 1.47. The predicted octanol–water partition coefficient (Wildman–Crippen LogP) is 4.98. The molecule has 4 nitrogen and oxygen atoms in total. The Morgan fingerprint density at radius 3 is 2.58 bits per heavy atom. The molecule has 0 saturated heterocycles. The number of aromatic nitrogens is 1. The highest BCUT2D eigenvalue weighted by atomic mass is 79.9. The lowest BCUT2D eigenvalue weighted by Gasteiger charge is -2.09. The maximum absolute atomic E-state index is 13.1. The van der Waals surface area contributed by atoms with E-state index in [1.165, 1.54) is 24.4 Å². The van der Waals surface area contributed by atoms with Crippen molar-refractivity contribution in [1.29, 1.82) is 0 Å². The van der Waals surface area contributed by atoms with Crippen LogP contribution in [0, 0.1) is 5.82 Å². The lowest BCUT2D eigenvalue weighted by Crippen LogP contribution is -2.12. The summed E-state index contributed by atoms with van der Waals surface area (Å²) >= 11 is 3.45. The fourth-order valence-corrected chi connectivity index (χ4v) is 2.46. The summed E-state index contributed by atoms with van der Waals surface area (Å²) in [6.45, 7) is 0. The van der Waals surface area contributed by atoms with Gasteiger partial charge in [0.2, 0.25) is 0 Å². The van der Waals surface area contributed by atoms with Gasteiger partial charge in [-0.2, -0.15) is 0 Å². The molecule has 24 heavy (non-hydrogen) atoms. The Labute approximate surface area is 146 Å². The second-order valence-electron chi connectivity index (χ2n) is 5.00. The van der Waals surface area contributed by atoms with Crippen molar-refractivity contribution in [2.75, 3.05) is 10.6 Å². The Bertz CT molecular complexity index is 868. The van der Waals surface area contributed by atoms with Crippen LogP contribution in [0.5, 0.6) is 0 Å². The van der Waals surface area contributed by atoms with Gasteiger partial charge in [0, 0.05) is 16.4 Å². The Morgan fingerprint density at radius 2 is 1.88 bits per heavy atom. The Hall–Kier alpha value is -2.73. The monoisotopic (exact) mass is 385 g/mol. The van der Waals surface area contributed by atoms with Crippen molar-refractivity contribution in [3.63, 3.8) is 0 Å². The maximum atomic E-state index is 13.1. The van der Waals surface area contributed by atoms with E-state index < -0.39 is 5.82 Å². The van der Waals surface area contributed by atoms with Crippen LogP contribution in [0.1, 0.15) is 10.4 Å². The zero-order valence-corrected chi connectivity index (χ0v) is 14.0. The van der Waals surface area contributed by atoms with Crippen LogP contribution in [-0.4, -0.2) is 10.9 Å². The molecule has 1 heterocycles. The fourth-order valence-electron chi connectivity index (χ4n) is 2.07. The van der Waals surface area contributed by atoms with Crippen LogP contribution in [0.2, 0.25) is 0 Å². The topological polar surface area (TPSA) is 54.0 Å². The largest absolute Gasteiger partial charge is 0.339 e. The van der Waals surface area contributed by atoms with Crippen LogP contribution in [0.4, 0.5) is 21.6 Å². The molecule has 0 unspecified atom stereocenters. The average molecular weight is 386 g/mol. The third kappa shape index (κ3) is 3.97. The third-order valence-electron chi connectivity index (χ3n) is 3.24. The van der Waals surface area contributed by atoms with Gasteiger partial charge in [-0.05, 0) is 58.4 Å². The molecule has 3 aromatic rings. The lowest BCUT2D eigenvalue weighted by molar-refractivity contribution is 0.102. The first-order chi connectivity index (χ1) is 11.6. The SMILES string of the molecule is O=C(Nc1cccc(F)c1)c1ccc(Nc2ccccc2Br)nc1. The highest BCUT2D eigenvalue weighted by molar-refractivity contribution is 9.10. The average Bonchev–Trinajstić information content (AvgIpc) is 2.57. The molecule has 0 spiro atoms. The third-order valence-corrected chi connectivity index (χ3v) is 3.94. The zero-order chi connectivity index (χ0) is 16.9. The molecular weight excluding hydrogens is 373 g/mol. The van der Waals surface area contributed by atoms with E-state index in [2.05, 4.69) is 31.5 Å². The highest BCUT2D eigenvalue weighted by Crippen LogP contribution is 2.24. The first kappa shape index (κ1) is 16.1. The van der Waals surface area contributed by atoms with Crippen LogP contribution in [0.15, 0.2) is 71.3 Å². The molecule has 0 bridgehead atoms. The number of halogens is 2. The second kappa shape index (κ2) is 7.23. The summed E-state index contributed by atoms with van der Waals surface area (Å²) in [5.74, 6) is -0.136. The molecule has 0 saturated carbocycles. The number of anilines is 3. The number of amides is 1. The number of nitrogens with zero attached hydrogens (tertiary/aromatic N) is 1. The van der Waals surface area contributed by atoms with Gasteiger partial charge < -0.3 is 10.6 Å². The van der Waals surface area contributed by atoms with E-state index in [0.717, 1.165) is 10.2 Å². The van der Waals surface area contributed by atoms with Crippen LogP contribution >= 0.6 is 15.9 Å². The van der Waals surface area contributed by atoms with Gasteiger partial charge in [0.1, 0.15) is 11.6 Å². The van der Waals surface area contributed by atoms with E-state index in [9.17, 15) is 9.18 Å². The molecule has 1 aromatic heterocycles. The number of nitrogens with one attached hydrogen (secondary N) is 2. The Kier molecular flexibility index (Phi) is 4.86. The summed E-state index contributed by atoms with van der Waals surface area (Å²) in [6, 6.07) is 16.8. The maximum Gasteiger partial charge on any atom is 0.257 e. The van der Waals surface area contributed by atoms with Gasteiger partial charge in [0.05, 0.1) is 11.3 Å². The minimum absolute atomic E-state index is 0.347. The van der Waals surface area contributed by atoms with Gasteiger partial charge in [-0.25, -0.2) is 9.37 Å². The van der Waals surface area contributed by atoms with E-state index in [4.69, 9.17) is 0 Å². The summed E-state index contributed by atoms with van der Waals surface area (Å²) in [5.41, 5.74) is 1.66. The molecule has 2 aromatic carbocycles. The van der Waals surface area contributed by atoms with Gasteiger partial charge in [-0.15, -0.1) is 0 Å². The Morgan fingerprint density at radius 1 is 1.04 bits per heavy atom. The van der Waals surface area contributed by atoms with Crippen molar-refractivity contribution >= 4 is 39.0 Å². The summed E-state index contributed by atoms with van der Waals surface area (Å²) < 4.78 is 14.1. The Balaban J connectivity index is 1.70. The molecule has 6 heteroatoms. The molecule has 2 N–H and O–H groups in total. The van der Waals surface area contributed by atoms with Gasteiger partial charge >= 0.3 is 0 Å². The molecule has 0 radical (unpaired) electrons. The molecule has 0 aliphatic rings. The van der Waals surface area contributed by atoms with Gasteiger partial charge in [0.15, 0.2) is 0 Å². The number of benzene rings is 2. The van der Waals surface area contributed by atoms with Crippen molar-refractivity contribution in [2.24, 2.45) is 0 Å². The molecule has 3 rings (SSSR count). The molecule has 0 aliphatic carbocycles. The molecule has 0 aliphatic heterocycles. The number of para-hydroxylation sites is 1. The second-order valence-corrected chi connectivity index (χ2v) is 5.86. The minimum atomic E-state index is -0.404. The number of carbonyl (C=O) groups is 1. The molecule has 0 atom stereocenters. The van der Waals surface area contributed by atoms with Gasteiger partial charge in [-0.3, -0.25) is 4.79 Å². The standard InChI is InChI=1S/C18H13BrFN3O/c19-15-6-1-2-7-16(15)23-17-9-8-12(11-21-17)18(24)22-14-5-3-4-13(20)10-14/h1-11H,(H,21,23)(H,22,24). The number of hydrogen-bond donors (Lipinski definition) is 2. The van der Waals surface area contributed by atoms with E-state index in [1.807, 2.05) is 24.3 Å². The first-order valence-corrected chi connectivity index (χ1v) is 7.95. The van der Waals surface area contributed by atoms with Crippen molar-refractivity contribution in [3.8, 4) is 0 Å². The highest BCUT2D eigenvalue weighted by Gasteiger charge is 2.08. The number of hydrogen-bond acceptors (Lipinski definition) is 3. The fraction of sp³-hybridized carbons (Fsp3) is 0. The molecule has 1 amide bonds. The number of pyridine rings is 1. The molecule has 120 valence electrons. The van der Waals surface area contributed by atoms with Crippen molar-refractivity contribution < 1.29 is 9.18 Å². The van der Waals surface area contributed by atoms with E-state index in [1.54, 1.807) is 18.2 Å². The summed E-state index contributed by atoms with van der Waals surface area (Å²) in [4.78, 5) is 16.4. The quantitative estimate of drug-likeness (QED) is 0.665. The van der Waals surface area contributed by atoms with Crippen LogP contribution in [0.3, 0.4) is 0 Å². The van der Waals surface area contributed by atoms with Crippen LogP contribution in [0.25, 0.3) is 0 Å². The minimum Gasteiger partial charge on any atom is -0.339 e. The number of rotatable bonds is 4. The van der Waals surface area contributed by atoms with Crippen molar-refractivity contribution in [2.45, 2.75) is 0 Å². The molecular formula is C18H13BrFN3O. The number of carbonyl (C=O) groups excluding carboxylic acids is 1. The van der Waals surface area contributed by atoms with Crippen molar-refractivity contribution in [3.05, 3.63) is 82.7 Å². The van der Waals surface area contributed by atoms with E-state index in [-0.39, 0.29) is 5.91 Å². The first-order valence-electron chi connectivity index (χ1n) is 7.16. The van der Waals surface area contributed by atoms with E-state index >= 15 is 0 Å². The van der Waals surface area contributed by atoms with Crippen LogP contribution in [-0.2, 0) is 0 Å². The van der Waals surface area contributed by atoms with E-state index in [0.29, 0.717) is 17.1 Å². The molecule has 0 fully saturated rings. The van der Waals surface area contributed by atoms with Crippen molar-refractivity contribution in [1.82, 2.24) is 4.98 Å². The predicted molar refractivity (Wildman–Crippen MR) is 96.0 cm³/mol. The van der Waals surface area contributed by atoms with Gasteiger partial charge in [-0.1, -0.05) is 18.2 Å². The van der Waals surface area contributed by atoms with Crippen LogP contribution < -0.4 is 10.6 Å². The summed E-state index contributed by atoms with van der Waals surface area (Å²) in [5, 5.41) is 5.79. The van der Waals surface area contributed by atoms with Gasteiger partial charge in [0.25, 0.3) is 5.91 Å². The zero-order valence-electron chi connectivity index (χ0n) is 12.5. The summed E-state index contributed by atoms with van der Waals surface area (Å²) in [7, 11) is 0. The smallest absolute Gasteiger partial charge is 0.257 e. The lowest BCUT2D eigenvalue weighted by atomic mass is 10.2. The normalized spacial score (nSPS) is 10.2.